The molecule has 0 unspecified atom stereocenters. The molecular formula is C15H20N2O. The maximum absolute atomic E-state index is 5.38. The molecule has 0 bridgehead atoms. The molecule has 1 fully saturated rings. The first kappa shape index (κ1) is 11.6. The molecule has 3 rings (SSSR count). The Labute approximate surface area is 108 Å². The maximum Gasteiger partial charge on any atom is 0.139 e. The molecule has 3 nitrogen and oxygen atoms in total. The van der Waals surface area contributed by atoms with Crippen LogP contribution in [0, 0.1) is 16.7 Å². The first-order valence-electron chi connectivity index (χ1n) is 6.50. The summed E-state index contributed by atoms with van der Waals surface area (Å²) in [5.74, 6) is 1.62. The van der Waals surface area contributed by atoms with Gasteiger partial charge in [0.25, 0.3) is 0 Å². The molecule has 0 amide bonds. The Kier molecular flexibility index (Phi) is 2.25. The fourth-order valence-corrected chi connectivity index (χ4v) is 3.08. The van der Waals surface area contributed by atoms with Crippen LogP contribution in [0.3, 0.4) is 0 Å². The number of hydrogen-bond donors (Lipinski definition) is 1. The molecule has 18 heavy (non-hydrogen) atoms. The number of pyridine rings is 1. The van der Waals surface area contributed by atoms with Crippen LogP contribution in [0.5, 0.6) is 0 Å². The van der Waals surface area contributed by atoms with Crippen LogP contribution in [-0.2, 0) is 0 Å². The lowest BCUT2D eigenvalue weighted by atomic mass is 10.0. The highest BCUT2D eigenvalue weighted by Crippen LogP contribution is 2.68. The first-order valence-corrected chi connectivity index (χ1v) is 6.50. The Morgan fingerprint density at radius 1 is 1.22 bits per heavy atom. The quantitative estimate of drug-likeness (QED) is 0.889. The van der Waals surface area contributed by atoms with Crippen LogP contribution in [-0.4, -0.2) is 11.5 Å². The highest BCUT2D eigenvalue weighted by Gasteiger charge is 2.64. The topological polar surface area (TPSA) is 38.1 Å². The monoisotopic (exact) mass is 244 g/mol. The largest absolute Gasteiger partial charge is 0.464 e. The van der Waals surface area contributed by atoms with Crippen molar-refractivity contribution in [3.05, 3.63) is 24.6 Å². The van der Waals surface area contributed by atoms with Crippen LogP contribution in [0.2, 0.25) is 0 Å². The lowest BCUT2D eigenvalue weighted by Gasteiger charge is -2.07. The lowest BCUT2D eigenvalue weighted by molar-refractivity contribution is 0.457. The molecule has 0 atom stereocenters. The van der Waals surface area contributed by atoms with Crippen molar-refractivity contribution < 1.29 is 4.42 Å². The molecule has 2 aromatic rings. The second kappa shape index (κ2) is 3.50. The van der Waals surface area contributed by atoms with E-state index in [9.17, 15) is 0 Å². The van der Waals surface area contributed by atoms with Crippen LogP contribution >= 0.6 is 0 Å². The van der Waals surface area contributed by atoms with Gasteiger partial charge in [-0.2, -0.15) is 0 Å². The third-order valence-electron chi connectivity index (χ3n) is 5.17. The van der Waals surface area contributed by atoms with E-state index >= 15 is 0 Å². The summed E-state index contributed by atoms with van der Waals surface area (Å²) in [6, 6.07) is 3.86. The highest BCUT2D eigenvalue weighted by atomic mass is 16.3. The number of nitrogens with one attached hydrogen (secondary N) is 1. The molecule has 0 aliphatic heterocycles. The summed E-state index contributed by atoms with van der Waals surface area (Å²) in [5, 5.41) is 4.54. The van der Waals surface area contributed by atoms with Gasteiger partial charge in [-0.15, -0.1) is 0 Å². The third-order valence-corrected chi connectivity index (χ3v) is 5.17. The van der Waals surface area contributed by atoms with E-state index in [0.29, 0.717) is 16.7 Å². The molecule has 0 spiro atoms. The van der Waals surface area contributed by atoms with Crippen molar-refractivity contribution >= 4 is 16.8 Å². The van der Waals surface area contributed by atoms with Crippen molar-refractivity contribution in [1.29, 1.82) is 0 Å². The van der Waals surface area contributed by atoms with Gasteiger partial charge in [-0.05, 0) is 28.9 Å². The van der Waals surface area contributed by atoms with Crippen LogP contribution in [0.25, 0.3) is 11.0 Å². The number of fused-ring (bicyclic) bond motifs is 1. The van der Waals surface area contributed by atoms with Gasteiger partial charge in [0.05, 0.1) is 11.6 Å². The van der Waals surface area contributed by atoms with Crippen LogP contribution in [0.4, 0.5) is 5.82 Å². The fraction of sp³-hybridized carbons (Fsp3) is 0.533. The van der Waals surface area contributed by atoms with E-state index in [2.05, 4.69) is 38.0 Å². The standard InChI is InChI=1S/C15H20N2O/c1-14(2)12(15(14,3)4)9-17-13-10-6-8-18-11(10)5-7-16-13/h5-8,12H,9H2,1-4H3,(H,16,17). The van der Waals surface area contributed by atoms with Gasteiger partial charge < -0.3 is 9.73 Å². The number of hydrogen-bond acceptors (Lipinski definition) is 3. The van der Waals surface area contributed by atoms with E-state index in [1.54, 1.807) is 12.5 Å². The summed E-state index contributed by atoms with van der Waals surface area (Å²) >= 11 is 0. The van der Waals surface area contributed by atoms with Crippen LogP contribution < -0.4 is 5.32 Å². The van der Waals surface area contributed by atoms with Gasteiger partial charge in [-0.1, -0.05) is 27.7 Å². The van der Waals surface area contributed by atoms with E-state index in [4.69, 9.17) is 4.42 Å². The molecule has 1 saturated carbocycles. The van der Waals surface area contributed by atoms with Crippen molar-refractivity contribution in [2.24, 2.45) is 16.7 Å². The zero-order chi connectivity index (χ0) is 13.0. The van der Waals surface area contributed by atoms with E-state index in [-0.39, 0.29) is 0 Å². The highest BCUT2D eigenvalue weighted by molar-refractivity contribution is 5.87. The SMILES string of the molecule is CC1(C)C(CNc2nccc3occc23)C1(C)C. The molecule has 2 heterocycles. The number of nitrogens with zero attached hydrogens (tertiary/aromatic N) is 1. The van der Waals surface area contributed by atoms with Gasteiger partial charge >= 0.3 is 0 Å². The van der Waals surface area contributed by atoms with Gasteiger partial charge in [0.2, 0.25) is 0 Å². The van der Waals surface area contributed by atoms with Crippen molar-refractivity contribution in [3.63, 3.8) is 0 Å². The van der Waals surface area contributed by atoms with Crippen molar-refractivity contribution in [1.82, 2.24) is 4.98 Å². The van der Waals surface area contributed by atoms with Gasteiger partial charge in [0.15, 0.2) is 0 Å². The van der Waals surface area contributed by atoms with Crippen LogP contribution in [0.1, 0.15) is 27.7 Å². The van der Waals surface area contributed by atoms with E-state index in [1.165, 1.54) is 0 Å². The Hall–Kier alpha value is -1.51. The molecule has 3 heteroatoms. The minimum absolute atomic E-state index is 0.407. The molecule has 2 aromatic heterocycles. The second-order valence-electron chi connectivity index (χ2n) is 6.37. The number of aromatic nitrogens is 1. The van der Waals surface area contributed by atoms with Crippen LogP contribution in [0.15, 0.2) is 29.0 Å². The molecular weight excluding hydrogens is 224 g/mol. The Bertz CT molecular complexity index is 569. The normalized spacial score (nSPS) is 21.1. The number of rotatable bonds is 3. The average molecular weight is 244 g/mol. The summed E-state index contributed by atoms with van der Waals surface area (Å²) in [4.78, 5) is 4.40. The summed E-state index contributed by atoms with van der Waals surface area (Å²) in [6.45, 7) is 10.3. The van der Waals surface area contributed by atoms with Crippen molar-refractivity contribution in [2.75, 3.05) is 11.9 Å². The van der Waals surface area contributed by atoms with E-state index in [0.717, 1.165) is 23.3 Å². The summed E-state index contributed by atoms with van der Waals surface area (Å²) in [7, 11) is 0. The van der Waals surface area contributed by atoms with Gasteiger partial charge in [0.1, 0.15) is 11.4 Å². The predicted molar refractivity (Wildman–Crippen MR) is 73.6 cm³/mol. The molecule has 0 aromatic carbocycles. The zero-order valence-electron chi connectivity index (χ0n) is 11.4. The number of anilines is 1. The summed E-state index contributed by atoms with van der Waals surface area (Å²) in [6.07, 6.45) is 3.50. The van der Waals surface area contributed by atoms with Gasteiger partial charge in [-0.3, -0.25) is 0 Å². The first-order chi connectivity index (χ1) is 8.44. The van der Waals surface area contributed by atoms with Crippen molar-refractivity contribution in [3.8, 4) is 0 Å². The van der Waals surface area contributed by atoms with Gasteiger partial charge in [-0.25, -0.2) is 4.98 Å². The van der Waals surface area contributed by atoms with E-state index < -0.39 is 0 Å². The van der Waals surface area contributed by atoms with Crippen molar-refractivity contribution in [2.45, 2.75) is 27.7 Å². The zero-order valence-corrected chi connectivity index (χ0v) is 11.4. The minimum Gasteiger partial charge on any atom is -0.464 e. The van der Waals surface area contributed by atoms with Gasteiger partial charge in [0, 0.05) is 12.7 Å². The summed E-state index contributed by atoms with van der Waals surface area (Å²) < 4.78 is 5.38. The van der Waals surface area contributed by atoms with E-state index in [1.807, 2.05) is 12.1 Å². The smallest absolute Gasteiger partial charge is 0.139 e. The average Bonchev–Trinajstić information content (AvgIpc) is 2.71. The molecule has 0 radical (unpaired) electrons. The fourth-order valence-electron chi connectivity index (χ4n) is 3.08. The summed E-state index contributed by atoms with van der Waals surface area (Å²) in [5.41, 5.74) is 1.70. The maximum atomic E-state index is 5.38. The molecule has 1 aliphatic carbocycles. The molecule has 0 saturated heterocycles. The second-order valence-corrected chi connectivity index (χ2v) is 6.37. The Morgan fingerprint density at radius 3 is 2.61 bits per heavy atom. The Balaban J connectivity index is 1.77. The molecule has 96 valence electrons. The minimum atomic E-state index is 0.407. The number of furan rings is 1. The predicted octanol–water partition coefficient (Wildman–Crippen LogP) is 3.92. The molecule has 1 N–H and O–H groups in total. The third kappa shape index (κ3) is 1.46. The lowest BCUT2D eigenvalue weighted by Crippen LogP contribution is -2.09. The Morgan fingerprint density at radius 2 is 1.94 bits per heavy atom. The molecule has 1 aliphatic rings.